The van der Waals surface area contributed by atoms with Crippen molar-refractivity contribution in [2.75, 3.05) is 0 Å². The summed E-state index contributed by atoms with van der Waals surface area (Å²) in [6.07, 6.45) is 0.114. The first-order chi connectivity index (χ1) is 8.06. The molecule has 2 rings (SSSR count). The van der Waals surface area contributed by atoms with Gasteiger partial charge in [0.05, 0.1) is 6.42 Å². The summed E-state index contributed by atoms with van der Waals surface area (Å²) in [5.74, 6) is -0.724. The van der Waals surface area contributed by atoms with E-state index in [0.717, 1.165) is 6.07 Å². The molecule has 0 aliphatic heterocycles. The Hall–Kier alpha value is -1.49. The second-order valence-corrected chi connectivity index (χ2v) is 4.22. The van der Waals surface area contributed by atoms with Gasteiger partial charge in [0.1, 0.15) is 17.0 Å². The maximum absolute atomic E-state index is 13.3. The minimum absolute atomic E-state index is 0.114. The van der Waals surface area contributed by atoms with Crippen LogP contribution in [0.5, 0.6) is 0 Å². The van der Waals surface area contributed by atoms with Crippen LogP contribution in [0.25, 0.3) is 0 Å². The predicted octanol–water partition coefficient (Wildman–Crippen LogP) is 3.24. The number of hydrogen-bond donors (Lipinski definition) is 0. The van der Waals surface area contributed by atoms with Gasteiger partial charge in [0, 0.05) is 6.07 Å². The molecule has 0 saturated heterocycles. The predicted molar refractivity (Wildman–Crippen MR) is 57.7 cm³/mol. The van der Waals surface area contributed by atoms with Crippen molar-refractivity contribution in [2.24, 2.45) is 0 Å². The second-order valence-electron chi connectivity index (χ2n) is 3.56. The molecule has 0 bridgehead atoms. The SMILES string of the molecule is CC(Cl)c1nnc(Cc2ccc(F)cc2F)o1. The molecule has 6 heteroatoms. The third kappa shape index (κ3) is 2.79. The number of aromatic nitrogens is 2. The molecule has 0 saturated carbocycles. The number of halogens is 3. The van der Waals surface area contributed by atoms with Gasteiger partial charge in [-0.15, -0.1) is 21.8 Å². The zero-order valence-corrected chi connectivity index (χ0v) is 9.71. The first-order valence-electron chi connectivity index (χ1n) is 4.96. The summed E-state index contributed by atoms with van der Waals surface area (Å²) < 4.78 is 31.3. The molecule has 2 aromatic rings. The summed E-state index contributed by atoms with van der Waals surface area (Å²) in [7, 11) is 0. The Balaban J connectivity index is 2.19. The molecule has 1 heterocycles. The van der Waals surface area contributed by atoms with Crippen molar-refractivity contribution in [3.05, 3.63) is 47.2 Å². The monoisotopic (exact) mass is 258 g/mol. The molecule has 1 aromatic carbocycles. The molecule has 0 fully saturated rings. The zero-order chi connectivity index (χ0) is 12.4. The summed E-state index contributed by atoms with van der Waals surface area (Å²) in [4.78, 5) is 0. The fourth-order valence-electron chi connectivity index (χ4n) is 1.33. The molecule has 0 spiro atoms. The zero-order valence-electron chi connectivity index (χ0n) is 8.95. The highest BCUT2D eigenvalue weighted by atomic mass is 35.5. The van der Waals surface area contributed by atoms with Crippen molar-refractivity contribution in [1.82, 2.24) is 10.2 Å². The van der Waals surface area contributed by atoms with E-state index >= 15 is 0 Å². The van der Waals surface area contributed by atoms with Crippen LogP contribution in [-0.4, -0.2) is 10.2 Å². The minimum Gasteiger partial charge on any atom is -0.423 e. The van der Waals surface area contributed by atoms with Crippen LogP contribution >= 0.6 is 11.6 Å². The van der Waals surface area contributed by atoms with Crippen LogP contribution in [0.15, 0.2) is 22.6 Å². The Bertz CT molecular complexity index is 528. The average Bonchev–Trinajstić information content (AvgIpc) is 2.71. The molecular weight excluding hydrogens is 250 g/mol. The molecule has 0 aliphatic rings. The largest absolute Gasteiger partial charge is 0.423 e. The van der Waals surface area contributed by atoms with Crippen LogP contribution < -0.4 is 0 Å². The van der Waals surface area contributed by atoms with Gasteiger partial charge in [0.25, 0.3) is 0 Å². The third-order valence-electron chi connectivity index (χ3n) is 2.18. The van der Waals surface area contributed by atoms with Crippen molar-refractivity contribution in [3.63, 3.8) is 0 Å². The van der Waals surface area contributed by atoms with Crippen LogP contribution in [0.1, 0.15) is 29.6 Å². The summed E-state index contributed by atoms with van der Waals surface area (Å²) in [5.41, 5.74) is 0.295. The molecule has 3 nitrogen and oxygen atoms in total. The van der Waals surface area contributed by atoms with Gasteiger partial charge in [-0.05, 0) is 18.6 Å². The molecule has 90 valence electrons. The van der Waals surface area contributed by atoms with E-state index in [9.17, 15) is 8.78 Å². The van der Waals surface area contributed by atoms with Crippen molar-refractivity contribution in [1.29, 1.82) is 0 Å². The quantitative estimate of drug-likeness (QED) is 0.794. The molecule has 1 unspecified atom stereocenters. The molecule has 17 heavy (non-hydrogen) atoms. The van der Waals surface area contributed by atoms with Crippen LogP contribution in [0.2, 0.25) is 0 Å². The summed E-state index contributed by atoms with van der Waals surface area (Å²) in [5, 5.41) is 7.05. The van der Waals surface area contributed by atoms with Crippen molar-refractivity contribution in [2.45, 2.75) is 18.7 Å². The highest BCUT2D eigenvalue weighted by Crippen LogP contribution is 2.19. The molecule has 0 amide bonds. The van der Waals surface area contributed by atoms with Gasteiger partial charge < -0.3 is 4.42 Å². The van der Waals surface area contributed by atoms with Crippen molar-refractivity contribution >= 4 is 11.6 Å². The van der Waals surface area contributed by atoms with E-state index in [1.807, 2.05) is 0 Å². The Morgan fingerprint density at radius 2 is 2.12 bits per heavy atom. The Morgan fingerprint density at radius 1 is 1.35 bits per heavy atom. The Kier molecular flexibility index (Phi) is 3.38. The lowest BCUT2D eigenvalue weighted by Gasteiger charge is -1.99. The molecule has 1 aromatic heterocycles. The van der Waals surface area contributed by atoms with Crippen LogP contribution in [-0.2, 0) is 6.42 Å². The molecule has 0 aliphatic carbocycles. The minimum atomic E-state index is -0.635. The fourth-order valence-corrected chi connectivity index (χ4v) is 1.41. The number of hydrogen-bond acceptors (Lipinski definition) is 3. The Morgan fingerprint density at radius 3 is 2.71 bits per heavy atom. The van der Waals surface area contributed by atoms with Gasteiger partial charge in [-0.1, -0.05) is 6.07 Å². The molecule has 0 N–H and O–H groups in total. The lowest BCUT2D eigenvalue weighted by Crippen LogP contribution is -1.93. The maximum atomic E-state index is 13.3. The summed E-state index contributed by atoms with van der Waals surface area (Å²) in [6, 6.07) is 3.34. The van der Waals surface area contributed by atoms with E-state index in [1.165, 1.54) is 12.1 Å². The Labute approximate surface area is 101 Å². The highest BCUT2D eigenvalue weighted by molar-refractivity contribution is 6.20. The number of nitrogens with zero attached hydrogens (tertiary/aromatic N) is 2. The fraction of sp³-hybridized carbons (Fsp3) is 0.273. The first-order valence-corrected chi connectivity index (χ1v) is 5.40. The summed E-state index contributed by atoms with van der Waals surface area (Å²) >= 11 is 5.75. The third-order valence-corrected chi connectivity index (χ3v) is 2.37. The van der Waals surface area contributed by atoms with Crippen molar-refractivity contribution < 1.29 is 13.2 Å². The van der Waals surface area contributed by atoms with E-state index in [4.69, 9.17) is 16.0 Å². The van der Waals surface area contributed by atoms with Gasteiger partial charge in [0.15, 0.2) is 0 Å². The lowest BCUT2D eigenvalue weighted by molar-refractivity contribution is 0.455. The van der Waals surface area contributed by atoms with E-state index in [0.29, 0.717) is 5.56 Å². The van der Waals surface area contributed by atoms with Crippen LogP contribution in [0, 0.1) is 11.6 Å². The normalized spacial score (nSPS) is 12.7. The first kappa shape index (κ1) is 12.0. The number of alkyl halides is 1. The van der Waals surface area contributed by atoms with Gasteiger partial charge in [-0.25, -0.2) is 8.78 Å². The van der Waals surface area contributed by atoms with Crippen LogP contribution in [0.4, 0.5) is 8.78 Å². The average molecular weight is 259 g/mol. The van der Waals surface area contributed by atoms with Crippen molar-refractivity contribution in [3.8, 4) is 0 Å². The second kappa shape index (κ2) is 4.79. The standard InChI is InChI=1S/C11H9ClF2N2O/c1-6(12)11-16-15-10(17-11)4-7-2-3-8(13)5-9(7)14/h2-3,5-6H,4H2,1H3. The van der Waals surface area contributed by atoms with Gasteiger partial charge in [-0.2, -0.15) is 0 Å². The number of benzene rings is 1. The van der Waals surface area contributed by atoms with E-state index in [1.54, 1.807) is 6.92 Å². The lowest BCUT2D eigenvalue weighted by atomic mass is 10.1. The molecular formula is C11H9ClF2N2O. The van der Waals surface area contributed by atoms with Gasteiger partial charge in [-0.3, -0.25) is 0 Å². The van der Waals surface area contributed by atoms with Gasteiger partial charge in [0.2, 0.25) is 11.8 Å². The topological polar surface area (TPSA) is 38.9 Å². The highest BCUT2D eigenvalue weighted by Gasteiger charge is 2.13. The van der Waals surface area contributed by atoms with Gasteiger partial charge >= 0.3 is 0 Å². The van der Waals surface area contributed by atoms with E-state index in [2.05, 4.69) is 10.2 Å². The smallest absolute Gasteiger partial charge is 0.234 e. The number of rotatable bonds is 3. The molecule has 0 radical (unpaired) electrons. The van der Waals surface area contributed by atoms with E-state index in [-0.39, 0.29) is 18.2 Å². The van der Waals surface area contributed by atoms with E-state index < -0.39 is 17.0 Å². The van der Waals surface area contributed by atoms with Crippen LogP contribution in [0.3, 0.4) is 0 Å². The molecule has 1 atom stereocenters. The maximum Gasteiger partial charge on any atom is 0.234 e. The summed E-state index contributed by atoms with van der Waals surface area (Å²) in [6.45, 7) is 1.69.